The highest BCUT2D eigenvalue weighted by Gasteiger charge is 2.31. The molecule has 5 rings (SSSR count). The first-order chi connectivity index (χ1) is 16.8. The first kappa shape index (κ1) is 23.4. The summed E-state index contributed by atoms with van der Waals surface area (Å²) in [6.07, 6.45) is 6.03. The molecular weight excluding hydrogens is 456 g/mol. The van der Waals surface area contributed by atoms with Gasteiger partial charge in [0.25, 0.3) is 0 Å². The van der Waals surface area contributed by atoms with E-state index in [1.807, 2.05) is 4.57 Å². The lowest BCUT2D eigenvalue weighted by molar-refractivity contribution is -0.122. The number of hydrogen-bond donors (Lipinski definition) is 3. The van der Waals surface area contributed by atoms with Crippen molar-refractivity contribution in [2.45, 2.75) is 57.0 Å². The van der Waals surface area contributed by atoms with E-state index in [1.54, 1.807) is 6.20 Å². The van der Waals surface area contributed by atoms with Gasteiger partial charge in [-0.15, -0.1) is 0 Å². The van der Waals surface area contributed by atoms with Crippen LogP contribution in [0.5, 0.6) is 0 Å². The Morgan fingerprint density at radius 2 is 1.80 bits per heavy atom. The van der Waals surface area contributed by atoms with Crippen LogP contribution in [-0.4, -0.2) is 44.2 Å². The fraction of sp³-hybridized carbons (Fsp3) is 0.500. The fourth-order valence-corrected chi connectivity index (χ4v) is 4.98. The first-order valence-corrected chi connectivity index (χ1v) is 11.9. The highest BCUT2D eigenvalue weighted by atomic mass is 19.1. The van der Waals surface area contributed by atoms with Crippen molar-refractivity contribution in [2.24, 2.45) is 11.7 Å². The summed E-state index contributed by atoms with van der Waals surface area (Å²) >= 11 is 0. The molecule has 1 saturated carbocycles. The Hall–Kier alpha value is -3.34. The minimum Gasteiger partial charge on any atom is -0.381 e. The van der Waals surface area contributed by atoms with E-state index in [0.29, 0.717) is 62.0 Å². The Balaban J connectivity index is 1.52. The standard InChI is InChI=1S/C24H29F2N7O2/c1-24(6-8-35-9-7-24)32-22-28-13-19-21(31-22)33(18-4-2-14(3-5-18)20(27)34)23(30-19)29-17-11-15(25)10-16(26)12-17/h10-14,18H,2-9H2,1H3,(H2,27,34)(H,29,30)(H,28,31,32)/t14-,18-. The topological polar surface area (TPSA) is 120 Å². The molecule has 0 bridgehead atoms. The smallest absolute Gasteiger partial charge is 0.225 e. The van der Waals surface area contributed by atoms with Crippen LogP contribution in [0.4, 0.5) is 26.4 Å². The van der Waals surface area contributed by atoms with E-state index in [-0.39, 0.29) is 29.1 Å². The Morgan fingerprint density at radius 3 is 2.46 bits per heavy atom. The molecule has 0 spiro atoms. The van der Waals surface area contributed by atoms with E-state index in [1.165, 1.54) is 12.1 Å². The van der Waals surface area contributed by atoms with Gasteiger partial charge in [-0.05, 0) is 57.6 Å². The summed E-state index contributed by atoms with van der Waals surface area (Å²) in [5.74, 6) is -0.921. The van der Waals surface area contributed by atoms with E-state index in [9.17, 15) is 13.6 Å². The summed E-state index contributed by atoms with van der Waals surface area (Å²) in [7, 11) is 0. The zero-order valence-electron chi connectivity index (χ0n) is 19.6. The number of nitrogens with one attached hydrogen (secondary N) is 2. The van der Waals surface area contributed by atoms with Crippen LogP contribution in [0, 0.1) is 17.6 Å². The van der Waals surface area contributed by atoms with Gasteiger partial charge in [-0.2, -0.15) is 4.98 Å². The van der Waals surface area contributed by atoms with Crippen LogP contribution in [0.1, 0.15) is 51.5 Å². The Kier molecular flexibility index (Phi) is 6.26. The van der Waals surface area contributed by atoms with Crippen LogP contribution in [0.2, 0.25) is 0 Å². The number of nitrogens with two attached hydrogens (primary N) is 1. The number of fused-ring (bicyclic) bond motifs is 1. The maximum Gasteiger partial charge on any atom is 0.225 e. The third kappa shape index (κ3) is 5.04. The van der Waals surface area contributed by atoms with Gasteiger partial charge in [0.05, 0.1) is 6.20 Å². The second kappa shape index (κ2) is 9.37. The molecule has 3 aromatic rings. The van der Waals surface area contributed by atoms with E-state index in [2.05, 4.69) is 27.5 Å². The van der Waals surface area contributed by atoms with Gasteiger partial charge < -0.3 is 21.1 Å². The van der Waals surface area contributed by atoms with Crippen LogP contribution in [-0.2, 0) is 9.53 Å². The summed E-state index contributed by atoms with van der Waals surface area (Å²) in [4.78, 5) is 25.6. The lowest BCUT2D eigenvalue weighted by atomic mass is 9.85. The maximum atomic E-state index is 13.8. The van der Waals surface area contributed by atoms with E-state index in [4.69, 9.17) is 15.5 Å². The summed E-state index contributed by atoms with van der Waals surface area (Å²) < 4.78 is 35.1. The summed E-state index contributed by atoms with van der Waals surface area (Å²) in [5.41, 5.74) is 6.75. The van der Waals surface area contributed by atoms with Gasteiger partial charge in [0.2, 0.25) is 17.8 Å². The number of carbonyl (C=O) groups is 1. The van der Waals surface area contributed by atoms with Crippen LogP contribution < -0.4 is 16.4 Å². The summed E-state index contributed by atoms with van der Waals surface area (Å²) in [5, 5.41) is 6.51. The molecule has 1 aromatic carbocycles. The molecule has 2 aromatic heterocycles. The number of aromatic nitrogens is 4. The molecule has 9 nitrogen and oxygen atoms in total. The summed E-state index contributed by atoms with van der Waals surface area (Å²) in [6.45, 7) is 3.47. The van der Waals surface area contributed by atoms with E-state index in [0.717, 1.165) is 18.9 Å². The molecule has 1 aliphatic carbocycles. The average Bonchev–Trinajstić information content (AvgIpc) is 3.15. The molecule has 11 heteroatoms. The van der Waals surface area contributed by atoms with Crippen molar-refractivity contribution in [3.05, 3.63) is 36.0 Å². The third-order valence-electron chi connectivity index (χ3n) is 7.03. The quantitative estimate of drug-likeness (QED) is 0.482. The lowest BCUT2D eigenvalue weighted by Crippen LogP contribution is -2.41. The van der Waals surface area contributed by atoms with Gasteiger partial charge in [0.1, 0.15) is 17.2 Å². The molecule has 0 radical (unpaired) electrons. The van der Waals surface area contributed by atoms with Gasteiger partial charge in [0, 0.05) is 42.5 Å². The van der Waals surface area contributed by atoms with Crippen molar-refractivity contribution in [2.75, 3.05) is 23.8 Å². The van der Waals surface area contributed by atoms with E-state index < -0.39 is 11.6 Å². The van der Waals surface area contributed by atoms with Gasteiger partial charge in [-0.25, -0.2) is 18.7 Å². The zero-order chi connectivity index (χ0) is 24.6. The molecule has 1 amide bonds. The molecule has 35 heavy (non-hydrogen) atoms. The number of rotatable bonds is 6. The largest absolute Gasteiger partial charge is 0.381 e. The number of carbonyl (C=O) groups excluding carboxylic acids is 1. The molecule has 1 saturated heterocycles. The second-order valence-electron chi connectivity index (χ2n) is 9.70. The van der Waals surface area contributed by atoms with Gasteiger partial charge in [-0.3, -0.25) is 9.36 Å². The monoisotopic (exact) mass is 485 g/mol. The molecule has 0 atom stereocenters. The van der Waals surface area contributed by atoms with Crippen molar-refractivity contribution in [3.63, 3.8) is 0 Å². The normalized spacial score (nSPS) is 22.1. The molecule has 2 fully saturated rings. The number of hydrogen-bond acceptors (Lipinski definition) is 7. The molecule has 186 valence electrons. The number of halogens is 2. The molecule has 0 unspecified atom stereocenters. The van der Waals surface area contributed by atoms with Crippen LogP contribution in [0.3, 0.4) is 0 Å². The lowest BCUT2D eigenvalue weighted by Gasteiger charge is -2.34. The van der Waals surface area contributed by atoms with Gasteiger partial charge >= 0.3 is 0 Å². The Bertz CT molecular complexity index is 1210. The predicted octanol–water partition coefficient (Wildman–Crippen LogP) is 4.05. The fourth-order valence-electron chi connectivity index (χ4n) is 4.98. The number of primary amides is 1. The van der Waals surface area contributed by atoms with Crippen molar-refractivity contribution in [1.82, 2.24) is 19.5 Å². The SMILES string of the molecule is CC1(Nc2ncc3nc(Nc4cc(F)cc(F)c4)n([C@H]4CC[C@H](C(N)=O)CC4)c3n2)CCOCC1. The van der Waals surface area contributed by atoms with Gasteiger partial charge in [0.15, 0.2) is 5.65 Å². The molecular formula is C24H29F2N7O2. The number of amides is 1. The average molecular weight is 486 g/mol. The number of anilines is 3. The van der Waals surface area contributed by atoms with Crippen molar-refractivity contribution >= 4 is 34.7 Å². The maximum absolute atomic E-state index is 13.8. The Morgan fingerprint density at radius 1 is 1.11 bits per heavy atom. The minimum atomic E-state index is -0.687. The van der Waals surface area contributed by atoms with Crippen molar-refractivity contribution < 1.29 is 18.3 Å². The molecule has 3 heterocycles. The number of ether oxygens (including phenoxy) is 1. The van der Waals surface area contributed by atoms with Crippen LogP contribution >= 0.6 is 0 Å². The number of nitrogens with zero attached hydrogens (tertiary/aromatic N) is 4. The van der Waals surface area contributed by atoms with Crippen LogP contribution in [0.25, 0.3) is 11.2 Å². The molecule has 1 aliphatic heterocycles. The third-order valence-corrected chi connectivity index (χ3v) is 7.03. The van der Waals surface area contributed by atoms with Crippen molar-refractivity contribution in [3.8, 4) is 0 Å². The predicted molar refractivity (Wildman–Crippen MR) is 127 cm³/mol. The Labute approximate surface area is 201 Å². The zero-order valence-corrected chi connectivity index (χ0v) is 19.6. The van der Waals surface area contributed by atoms with E-state index >= 15 is 0 Å². The second-order valence-corrected chi connectivity index (χ2v) is 9.70. The van der Waals surface area contributed by atoms with Gasteiger partial charge in [-0.1, -0.05) is 0 Å². The highest BCUT2D eigenvalue weighted by Crippen LogP contribution is 2.37. The minimum absolute atomic E-state index is 0.0158. The first-order valence-electron chi connectivity index (χ1n) is 11.9. The number of benzene rings is 1. The number of imidazole rings is 1. The summed E-state index contributed by atoms with van der Waals surface area (Å²) in [6, 6.07) is 3.22. The molecule has 4 N–H and O–H groups in total. The van der Waals surface area contributed by atoms with Crippen molar-refractivity contribution in [1.29, 1.82) is 0 Å². The van der Waals surface area contributed by atoms with Crippen LogP contribution in [0.15, 0.2) is 24.4 Å². The molecule has 2 aliphatic rings. The highest BCUT2D eigenvalue weighted by molar-refractivity contribution is 5.78.